The molecule has 2 aromatic carbocycles. The highest BCUT2D eigenvalue weighted by Crippen LogP contribution is 2.30. The Kier molecular flexibility index (Phi) is 4.80. The molecule has 0 saturated carbocycles. The number of nitrogens with one attached hydrogen (secondary N) is 1. The number of sulfonamides is 1. The van der Waals surface area contributed by atoms with E-state index in [1.165, 1.54) is 19.1 Å². The summed E-state index contributed by atoms with van der Waals surface area (Å²) in [5.74, 6) is -1.39. The van der Waals surface area contributed by atoms with Crippen LogP contribution in [0.3, 0.4) is 0 Å². The summed E-state index contributed by atoms with van der Waals surface area (Å²) < 4.78 is 27.6. The number of nitrogens with zero attached hydrogens (tertiary/aromatic N) is 1. The Bertz CT molecular complexity index is 957. The molecule has 8 heteroatoms. The molecule has 26 heavy (non-hydrogen) atoms. The second kappa shape index (κ2) is 6.89. The van der Waals surface area contributed by atoms with E-state index in [2.05, 4.69) is 4.72 Å². The van der Waals surface area contributed by atoms with E-state index in [9.17, 15) is 23.1 Å². The number of anilines is 1. The molecule has 0 saturated heterocycles. The van der Waals surface area contributed by atoms with Crippen molar-refractivity contribution in [3.05, 3.63) is 59.7 Å². The topological polar surface area (TPSA) is 104 Å². The van der Waals surface area contributed by atoms with Crippen molar-refractivity contribution in [1.82, 2.24) is 4.72 Å². The van der Waals surface area contributed by atoms with Gasteiger partial charge in [0, 0.05) is 19.2 Å². The number of carboxylic acid groups (broad SMARTS) is 1. The maximum atomic E-state index is 12.7. The quantitative estimate of drug-likeness (QED) is 0.829. The van der Waals surface area contributed by atoms with Crippen LogP contribution in [0, 0.1) is 0 Å². The summed E-state index contributed by atoms with van der Waals surface area (Å²) in [5.41, 5.74) is 1.77. The lowest BCUT2D eigenvalue weighted by molar-refractivity contribution is -0.139. The Hall–Kier alpha value is -2.71. The SMILES string of the molecule is CC(=O)N1CCc2cc(S(=O)(=O)NC(C(=O)O)c3ccccc3)ccc21. The second-order valence-electron chi connectivity index (χ2n) is 6.01. The lowest BCUT2D eigenvalue weighted by Crippen LogP contribution is -2.33. The van der Waals surface area contributed by atoms with Crippen LogP contribution in [0.25, 0.3) is 0 Å². The molecule has 1 atom stereocenters. The van der Waals surface area contributed by atoms with Gasteiger partial charge in [0.05, 0.1) is 4.90 Å². The van der Waals surface area contributed by atoms with Crippen molar-refractivity contribution < 1.29 is 23.1 Å². The fraction of sp³-hybridized carbons (Fsp3) is 0.222. The van der Waals surface area contributed by atoms with Crippen LogP contribution >= 0.6 is 0 Å². The normalized spacial score (nSPS) is 14.7. The van der Waals surface area contributed by atoms with Crippen molar-refractivity contribution in [1.29, 1.82) is 0 Å². The van der Waals surface area contributed by atoms with Crippen molar-refractivity contribution in [2.75, 3.05) is 11.4 Å². The van der Waals surface area contributed by atoms with Crippen LogP contribution in [0.15, 0.2) is 53.4 Å². The number of carboxylic acids is 1. The average molecular weight is 374 g/mol. The number of aliphatic carboxylic acids is 1. The Balaban J connectivity index is 1.91. The molecule has 136 valence electrons. The molecular weight excluding hydrogens is 356 g/mol. The average Bonchev–Trinajstić information content (AvgIpc) is 3.03. The van der Waals surface area contributed by atoms with Crippen molar-refractivity contribution in [3.8, 4) is 0 Å². The van der Waals surface area contributed by atoms with E-state index in [-0.39, 0.29) is 10.8 Å². The van der Waals surface area contributed by atoms with Gasteiger partial charge in [0.25, 0.3) is 0 Å². The molecular formula is C18H18N2O5S. The second-order valence-corrected chi connectivity index (χ2v) is 7.73. The molecule has 0 bridgehead atoms. The van der Waals surface area contributed by atoms with Gasteiger partial charge in [0.2, 0.25) is 15.9 Å². The highest BCUT2D eigenvalue weighted by molar-refractivity contribution is 7.89. The van der Waals surface area contributed by atoms with Crippen LogP contribution < -0.4 is 9.62 Å². The molecule has 2 N–H and O–H groups in total. The maximum absolute atomic E-state index is 12.7. The van der Waals surface area contributed by atoms with E-state index in [4.69, 9.17) is 0 Å². The Morgan fingerprint density at radius 3 is 2.46 bits per heavy atom. The summed E-state index contributed by atoms with van der Waals surface area (Å²) in [6.07, 6.45) is 0.555. The predicted octanol–water partition coefficient (Wildman–Crippen LogP) is 1.70. The Morgan fingerprint density at radius 2 is 1.85 bits per heavy atom. The number of benzene rings is 2. The smallest absolute Gasteiger partial charge is 0.326 e. The highest BCUT2D eigenvalue weighted by Gasteiger charge is 2.29. The molecule has 1 amide bonds. The molecule has 0 aliphatic carbocycles. The summed E-state index contributed by atoms with van der Waals surface area (Å²) >= 11 is 0. The Morgan fingerprint density at radius 1 is 1.15 bits per heavy atom. The minimum absolute atomic E-state index is 0.0242. The number of hydrogen-bond donors (Lipinski definition) is 2. The van der Waals surface area contributed by atoms with Crippen LogP contribution in [0.2, 0.25) is 0 Å². The van der Waals surface area contributed by atoms with Gasteiger partial charge in [-0.05, 0) is 35.7 Å². The molecule has 0 aromatic heterocycles. The van der Waals surface area contributed by atoms with E-state index >= 15 is 0 Å². The van der Waals surface area contributed by atoms with Gasteiger partial charge < -0.3 is 10.0 Å². The zero-order valence-electron chi connectivity index (χ0n) is 14.0. The molecule has 0 radical (unpaired) electrons. The number of hydrogen-bond acceptors (Lipinski definition) is 4. The minimum atomic E-state index is -4.05. The first-order valence-electron chi connectivity index (χ1n) is 8.01. The molecule has 1 aliphatic rings. The van der Waals surface area contributed by atoms with E-state index in [0.717, 1.165) is 5.56 Å². The number of rotatable bonds is 5. The fourth-order valence-corrected chi connectivity index (χ4v) is 4.23. The first-order valence-corrected chi connectivity index (χ1v) is 9.49. The van der Waals surface area contributed by atoms with Gasteiger partial charge in [-0.2, -0.15) is 4.72 Å². The third-order valence-corrected chi connectivity index (χ3v) is 5.71. The van der Waals surface area contributed by atoms with Crippen LogP contribution in [0.4, 0.5) is 5.69 Å². The summed E-state index contributed by atoms with van der Waals surface area (Å²) in [6, 6.07) is 11.2. The lowest BCUT2D eigenvalue weighted by atomic mass is 10.1. The van der Waals surface area contributed by atoms with Crippen molar-refractivity contribution in [2.24, 2.45) is 0 Å². The van der Waals surface area contributed by atoms with E-state index < -0.39 is 22.0 Å². The summed E-state index contributed by atoms with van der Waals surface area (Å²) in [7, 11) is -4.05. The standard InChI is InChI=1S/C18H18N2O5S/c1-12(21)20-10-9-14-11-15(7-8-16(14)20)26(24,25)19-17(18(22)23)13-5-3-2-4-6-13/h2-8,11,17,19H,9-10H2,1H3,(H,22,23). The summed E-state index contributed by atoms with van der Waals surface area (Å²) in [5, 5.41) is 9.42. The lowest BCUT2D eigenvalue weighted by Gasteiger charge is -2.17. The van der Waals surface area contributed by atoms with Crippen LogP contribution in [-0.4, -0.2) is 31.9 Å². The number of amides is 1. The molecule has 1 unspecified atom stereocenters. The third-order valence-electron chi connectivity index (χ3n) is 4.29. The molecule has 0 fully saturated rings. The van der Waals surface area contributed by atoms with Gasteiger partial charge in [-0.3, -0.25) is 9.59 Å². The predicted molar refractivity (Wildman–Crippen MR) is 95.3 cm³/mol. The zero-order chi connectivity index (χ0) is 18.9. The largest absolute Gasteiger partial charge is 0.480 e. The van der Waals surface area contributed by atoms with Gasteiger partial charge in [0.15, 0.2) is 0 Å². The highest BCUT2D eigenvalue weighted by atomic mass is 32.2. The first-order chi connectivity index (χ1) is 12.3. The Labute approximate surface area is 151 Å². The number of carbonyl (C=O) groups is 2. The molecule has 7 nitrogen and oxygen atoms in total. The van der Waals surface area contributed by atoms with E-state index in [0.29, 0.717) is 24.2 Å². The first kappa shape index (κ1) is 18.1. The van der Waals surface area contributed by atoms with Crippen LogP contribution in [-0.2, 0) is 26.0 Å². The van der Waals surface area contributed by atoms with E-state index in [1.54, 1.807) is 41.3 Å². The minimum Gasteiger partial charge on any atom is -0.480 e. The van der Waals surface area contributed by atoms with Gasteiger partial charge in [-0.15, -0.1) is 0 Å². The molecule has 1 aliphatic heterocycles. The van der Waals surface area contributed by atoms with Crippen molar-refractivity contribution in [2.45, 2.75) is 24.3 Å². The molecule has 1 heterocycles. The third kappa shape index (κ3) is 3.47. The van der Waals surface area contributed by atoms with Crippen molar-refractivity contribution in [3.63, 3.8) is 0 Å². The fourth-order valence-electron chi connectivity index (χ4n) is 3.00. The van der Waals surface area contributed by atoms with Gasteiger partial charge in [0.1, 0.15) is 6.04 Å². The molecule has 0 spiro atoms. The summed E-state index contributed by atoms with van der Waals surface area (Å²) in [6.45, 7) is 1.96. The van der Waals surface area contributed by atoms with Gasteiger partial charge >= 0.3 is 5.97 Å². The van der Waals surface area contributed by atoms with Crippen LogP contribution in [0.1, 0.15) is 24.1 Å². The molecule has 2 aromatic rings. The molecule has 3 rings (SSSR count). The monoisotopic (exact) mass is 374 g/mol. The van der Waals surface area contributed by atoms with Gasteiger partial charge in [-0.1, -0.05) is 30.3 Å². The van der Waals surface area contributed by atoms with E-state index in [1.807, 2.05) is 0 Å². The summed E-state index contributed by atoms with van der Waals surface area (Å²) in [4.78, 5) is 24.7. The van der Waals surface area contributed by atoms with Gasteiger partial charge in [-0.25, -0.2) is 8.42 Å². The number of fused-ring (bicyclic) bond motifs is 1. The maximum Gasteiger partial charge on any atom is 0.326 e. The van der Waals surface area contributed by atoms with Crippen LogP contribution in [0.5, 0.6) is 0 Å². The number of carbonyl (C=O) groups excluding carboxylic acids is 1. The zero-order valence-corrected chi connectivity index (χ0v) is 14.9. The van der Waals surface area contributed by atoms with Crippen molar-refractivity contribution >= 4 is 27.6 Å².